The van der Waals surface area contributed by atoms with Crippen molar-refractivity contribution in [2.45, 2.75) is 23.8 Å². The lowest BCUT2D eigenvalue weighted by Crippen LogP contribution is -2.20. The van der Waals surface area contributed by atoms with Gasteiger partial charge in [-0.2, -0.15) is 0 Å². The van der Waals surface area contributed by atoms with Crippen molar-refractivity contribution in [2.75, 3.05) is 25.7 Å². The Balaban J connectivity index is 1.92. The number of sulfone groups is 1. The number of nitrogens with zero attached hydrogens (tertiary/aromatic N) is 4. The molecule has 3 heterocycles. The zero-order chi connectivity index (χ0) is 24.5. The first-order valence-electron chi connectivity index (χ1n) is 10.3. The van der Waals surface area contributed by atoms with E-state index >= 15 is 0 Å². The fourth-order valence-electron chi connectivity index (χ4n) is 3.58. The molecule has 0 aliphatic heterocycles. The Morgan fingerprint density at radius 3 is 2.56 bits per heavy atom. The first-order valence-corrected chi connectivity index (χ1v) is 11.8. The number of benzene rings is 1. The van der Waals surface area contributed by atoms with E-state index in [0.717, 1.165) is 0 Å². The third kappa shape index (κ3) is 3.94. The number of methoxy groups -OCH3 is 1. The summed E-state index contributed by atoms with van der Waals surface area (Å²) >= 11 is 0. The molecule has 0 saturated carbocycles. The van der Waals surface area contributed by atoms with Crippen molar-refractivity contribution in [2.24, 2.45) is 0 Å². The molecule has 0 spiro atoms. The normalized spacial score (nSPS) is 11.4. The van der Waals surface area contributed by atoms with Gasteiger partial charge in [0.05, 0.1) is 41.1 Å². The summed E-state index contributed by atoms with van der Waals surface area (Å²) in [5, 5.41) is 4.23. The summed E-state index contributed by atoms with van der Waals surface area (Å²) in [4.78, 5) is 22.7. The third-order valence-electron chi connectivity index (χ3n) is 5.21. The van der Waals surface area contributed by atoms with E-state index in [0.29, 0.717) is 22.5 Å². The van der Waals surface area contributed by atoms with E-state index in [-0.39, 0.29) is 33.5 Å². The molecule has 0 N–H and O–H groups in total. The van der Waals surface area contributed by atoms with Gasteiger partial charge in [-0.05, 0) is 50.2 Å². The SMILES string of the molecule is CCOC(=O)c1cnc2onc(C)c2c1N(C)c1cccnc1S(=O)(=O)c1ccc(OC)cc1. The van der Waals surface area contributed by atoms with Gasteiger partial charge in [-0.3, -0.25) is 0 Å². The molecule has 0 aliphatic rings. The van der Waals surface area contributed by atoms with Gasteiger partial charge in [-0.25, -0.2) is 23.2 Å². The number of anilines is 2. The Kier molecular flexibility index (Phi) is 6.20. The highest BCUT2D eigenvalue weighted by Crippen LogP contribution is 2.38. The quantitative estimate of drug-likeness (QED) is 0.360. The largest absolute Gasteiger partial charge is 0.497 e. The minimum Gasteiger partial charge on any atom is -0.497 e. The van der Waals surface area contributed by atoms with E-state index in [1.807, 2.05) is 0 Å². The van der Waals surface area contributed by atoms with Crippen LogP contribution >= 0.6 is 0 Å². The first-order chi connectivity index (χ1) is 16.3. The van der Waals surface area contributed by atoms with Crippen LogP contribution in [0, 0.1) is 6.92 Å². The molecule has 3 aromatic heterocycles. The molecule has 1 aromatic carbocycles. The van der Waals surface area contributed by atoms with Crippen LogP contribution in [0.4, 0.5) is 11.4 Å². The molecule has 0 aliphatic carbocycles. The predicted octanol–water partition coefficient (Wildman–Crippen LogP) is 3.71. The second-order valence-corrected chi connectivity index (χ2v) is 9.12. The highest BCUT2D eigenvalue weighted by atomic mass is 32.2. The van der Waals surface area contributed by atoms with Crippen LogP contribution in [0.15, 0.2) is 63.2 Å². The summed E-state index contributed by atoms with van der Waals surface area (Å²) in [5.41, 5.74) is 1.42. The number of rotatable bonds is 7. The fourth-order valence-corrected chi connectivity index (χ4v) is 4.97. The molecule has 4 aromatic rings. The molecule has 0 saturated heterocycles. The van der Waals surface area contributed by atoms with E-state index in [1.165, 1.54) is 31.6 Å². The molecule has 0 bridgehead atoms. The Morgan fingerprint density at radius 1 is 1.15 bits per heavy atom. The van der Waals surface area contributed by atoms with E-state index in [1.54, 1.807) is 50.1 Å². The van der Waals surface area contributed by atoms with Crippen LogP contribution in [0.2, 0.25) is 0 Å². The van der Waals surface area contributed by atoms with Gasteiger partial charge >= 0.3 is 5.97 Å². The van der Waals surface area contributed by atoms with Crippen LogP contribution in [0.1, 0.15) is 23.0 Å². The Labute approximate surface area is 196 Å². The van der Waals surface area contributed by atoms with Crippen LogP contribution in [0.25, 0.3) is 11.1 Å². The zero-order valence-electron chi connectivity index (χ0n) is 19.0. The standard InChI is InChI=1S/C23H22N4O6S/c1-5-32-23(28)17-13-25-21-19(14(2)26-33-21)20(17)27(3)18-7-6-12-24-22(18)34(29,30)16-10-8-15(31-4)9-11-16/h6-13H,5H2,1-4H3. The summed E-state index contributed by atoms with van der Waals surface area (Å²) in [5.74, 6) is -0.0821. The first kappa shape index (κ1) is 23.2. The molecule has 11 heteroatoms. The number of pyridine rings is 2. The molecule has 0 radical (unpaired) electrons. The number of hydrogen-bond acceptors (Lipinski definition) is 10. The number of aromatic nitrogens is 3. The number of carbonyl (C=O) groups excluding carboxylic acids is 1. The molecular formula is C23H22N4O6S. The highest BCUT2D eigenvalue weighted by molar-refractivity contribution is 7.91. The van der Waals surface area contributed by atoms with Gasteiger partial charge < -0.3 is 18.9 Å². The van der Waals surface area contributed by atoms with E-state index in [4.69, 9.17) is 14.0 Å². The molecule has 10 nitrogen and oxygen atoms in total. The number of esters is 1. The topological polar surface area (TPSA) is 125 Å². The Bertz CT molecular complexity index is 1460. The molecule has 0 fully saturated rings. The lowest BCUT2D eigenvalue weighted by Gasteiger charge is -2.24. The van der Waals surface area contributed by atoms with Gasteiger partial charge in [-0.1, -0.05) is 5.16 Å². The van der Waals surface area contributed by atoms with Crippen molar-refractivity contribution in [3.05, 3.63) is 60.0 Å². The van der Waals surface area contributed by atoms with Gasteiger partial charge in [0.15, 0.2) is 5.03 Å². The van der Waals surface area contributed by atoms with Gasteiger partial charge in [0.1, 0.15) is 11.3 Å². The van der Waals surface area contributed by atoms with Crippen molar-refractivity contribution in [3.8, 4) is 5.75 Å². The van der Waals surface area contributed by atoms with E-state index in [9.17, 15) is 13.2 Å². The van der Waals surface area contributed by atoms with Gasteiger partial charge in [0, 0.05) is 19.4 Å². The van der Waals surface area contributed by atoms with Crippen LogP contribution in [-0.4, -0.2) is 50.3 Å². The minimum absolute atomic E-state index is 0.0494. The summed E-state index contributed by atoms with van der Waals surface area (Å²) in [6.45, 7) is 3.56. The predicted molar refractivity (Wildman–Crippen MR) is 123 cm³/mol. The van der Waals surface area contributed by atoms with Crippen molar-refractivity contribution in [1.29, 1.82) is 0 Å². The smallest absolute Gasteiger partial charge is 0.341 e. The number of ether oxygens (including phenoxy) is 2. The second-order valence-electron chi connectivity index (χ2n) is 7.25. The van der Waals surface area contributed by atoms with Crippen molar-refractivity contribution < 1.29 is 27.2 Å². The molecule has 0 unspecified atom stereocenters. The summed E-state index contributed by atoms with van der Waals surface area (Å²) < 4.78 is 42.7. The lowest BCUT2D eigenvalue weighted by atomic mass is 10.1. The molecule has 34 heavy (non-hydrogen) atoms. The molecular weight excluding hydrogens is 460 g/mol. The molecule has 4 rings (SSSR count). The van der Waals surface area contributed by atoms with E-state index in [2.05, 4.69) is 15.1 Å². The molecule has 176 valence electrons. The Hall–Kier alpha value is -3.99. The van der Waals surface area contributed by atoms with Crippen LogP contribution in [-0.2, 0) is 14.6 Å². The van der Waals surface area contributed by atoms with Crippen LogP contribution < -0.4 is 9.64 Å². The number of aryl methyl sites for hydroxylation is 1. The second kappa shape index (κ2) is 9.10. The van der Waals surface area contributed by atoms with Crippen molar-refractivity contribution in [1.82, 2.24) is 15.1 Å². The number of hydrogen-bond donors (Lipinski definition) is 0. The fraction of sp³-hybridized carbons (Fsp3) is 0.217. The summed E-state index contributed by atoms with van der Waals surface area (Å²) in [7, 11) is -0.889. The zero-order valence-corrected chi connectivity index (χ0v) is 19.8. The van der Waals surface area contributed by atoms with Gasteiger partial charge in [0.25, 0.3) is 5.71 Å². The summed E-state index contributed by atoms with van der Waals surface area (Å²) in [6.07, 6.45) is 2.72. The average Bonchev–Trinajstić information content (AvgIpc) is 3.24. The maximum atomic E-state index is 13.5. The Morgan fingerprint density at radius 2 is 1.88 bits per heavy atom. The molecule has 0 amide bonds. The maximum Gasteiger partial charge on any atom is 0.341 e. The van der Waals surface area contributed by atoms with Crippen LogP contribution in [0.5, 0.6) is 5.75 Å². The highest BCUT2D eigenvalue weighted by Gasteiger charge is 2.29. The van der Waals surface area contributed by atoms with Crippen LogP contribution in [0.3, 0.4) is 0 Å². The van der Waals surface area contributed by atoms with Crippen molar-refractivity contribution >= 4 is 38.3 Å². The van der Waals surface area contributed by atoms with E-state index < -0.39 is 15.8 Å². The lowest BCUT2D eigenvalue weighted by molar-refractivity contribution is 0.0527. The number of fused-ring (bicyclic) bond motifs is 1. The number of carbonyl (C=O) groups is 1. The molecule has 0 atom stereocenters. The monoisotopic (exact) mass is 482 g/mol. The van der Waals surface area contributed by atoms with Gasteiger partial charge in [-0.15, -0.1) is 0 Å². The van der Waals surface area contributed by atoms with Crippen molar-refractivity contribution in [3.63, 3.8) is 0 Å². The van der Waals surface area contributed by atoms with Gasteiger partial charge in [0.2, 0.25) is 9.84 Å². The maximum absolute atomic E-state index is 13.5. The third-order valence-corrected chi connectivity index (χ3v) is 6.93. The average molecular weight is 483 g/mol. The summed E-state index contributed by atoms with van der Waals surface area (Å²) in [6, 6.07) is 9.24. The minimum atomic E-state index is -4.02.